The fraction of sp³-hybridized carbons (Fsp3) is 0.250. The van der Waals surface area contributed by atoms with E-state index in [9.17, 15) is 13.6 Å². The fourth-order valence-electron chi connectivity index (χ4n) is 0.938. The molecule has 0 saturated heterocycles. The standard InChI is InChI=1S/C8H6BrF2NO2/c9-2-4-1-6(7(10)11)12-3-5(4)8(13)14/h1,3,7H,2H2,(H,13,14). The van der Waals surface area contributed by atoms with Crippen LogP contribution < -0.4 is 0 Å². The van der Waals surface area contributed by atoms with Crippen molar-refractivity contribution >= 4 is 21.9 Å². The van der Waals surface area contributed by atoms with Gasteiger partial charge in [-0.25, -0.2) is 13.6 Å². The smallest absolute Gasteiger partial charge is 0.337 e. The van der Waals surface area contributed by atoms with Gasteiger partial charge in [-0.2, -0.15) is 0 Å². The highest BCUT2D eigenvalue weighted by Gasteiger charge is 2.15. The maximum atomic E-state index is 12.2. The number of carboxylic acids is 1. The summed E-state index contributed by atoms with van der Waals surface area (Å²) >= 11 is 3.02. The number of carboxylic acid groups (broad SMARTS) is 1. The first-order valence-electron chi connectivity index (χ1n) is 3.62. The molecule has 0 aliphatic rings. The first-order chi connectivity index (χ1) is 6.56. The van der Waals surface area contributed by atoms with Gasteiger partial charge in [-0.15, -0.1) is 0 Å². The minimum atomic E-state index is -2.68. The van der Waals surface area contributed by atoms with Gasteiger partial charge in [0.15, 0.2) is 0 Å². The number of hydrogen-bond donors (Lipinski definition) is 1. The van der Waals surface area contributed by atoms with Crippen LogP contribution in [-0.2, 0) is 5.33 Å². The Hall–Kier alpha value is -1.04. The number of halogens is 3. The molecule has 0 bridgehead atoms. The third-order valence-electron chi connectivity index (χ3n) is 1.61. The van der Waals surface area contributed by atoms with E-state index in [0.29, 0.717) is 5.56 Å². The van der Waals surface area contributed by atoms with Gasteiger partial charge in [0.05, 0.1) is 5.56 Å². The Morgan fingerprint density at radius 2 is 2.29 bits per heavy atom. The molecule has 0 fully saturated rings. The van der Waals surface area contributed by atoms with Crippen molar-refractivity contribution in [1.29, 1.82) is 0 Å². The van der Waals surface area contributed by atoms with Crippen LogP contribution in [0.25, 0.3) is 0 Å². The number of hydrogen-bond acceptors (Lipinski definition) is 2. The third kappa shape index (κ3) is 2.25. The van der Waals surface area contributed by atoms with E-state index >= 15 is 0 Å². The Labute approximate surface area is 86.9 Å². The predicted molar refractivity (Wildman–Crippen MR) is 48.8 cm³/mol. The average Bonchev–Trinajstić information content (AvgIpc) is 2.16. The van der Waals surface area contributed by atoms with Crippen molar-refractivity contribution in [3.63, 3.8) is 0 Å². The molecule has 0 amide bonds. The predicted octanol–water partition coefficient (Wildman–Crippen LogP) is 2.61. The number of alkyl halides is 3. The van der Waals surface area contributed by atoms with Gasteiger partial charge >= 0.3 is 5.97 Å². The number of aromatic nitrogens is 1. The molecule has 0 unspecified atom stereocenters. The first kappa shape index (κ1) is 11.0. The summed E-state index contributed by atoms with van der Waals surface area (Å²) in [6, 6.07) is 1.09. The minimum Gasteiger partial charge on any atom is -0.478 e. The molecule has 0 atom stereocenters. The van der Waals surface area contributed by atoms with Gasteiger partial charge in [-0.05, 0) is 11.6 Å². The largest absolute Gasteiger partial charge is 0.478 e. The molecule has 1 rings (SSSR count). The van der Waals surface area contributed by atoms with E-state index < -0.39 is 18.1 Å². The summed E-state index contributed by atoms with van der Waals surface area (Å²) in [5.74, 6) is -1.17. The summed E-state index contributed by atoms with van der Waals surface area (Å²) in [4.78, 5) is 14.0. The molecule has 6 heteroatoms. The zero-order valence-corrected chi connectivity index (χ0v) is 8.46. The molecule has 0 aliphatic carbocycles. The normalized spacial score (nSPS) is 10.6. The minimum absolute atomic E-state index is 0.0636. The van der Waals surface area contributed by atoms with Crippen LogP contribution in [0.2, 0.25) is 0 Å². The highest BCUT2D eigenvalue weighted by atomic mass is 79.9. The van der Waals surface area contributed by atoms with E-state index in [1.165, 1.54) is 0 Å². The van der Waals surface area contributed by atoms with Gasteiger partial charge < -0.3 is 5.11 Å². The van der Waals surface area contributed by atoms with Crippen molar-refractivity contribution < 1.29 is 18.7 Å². The average molecular weight is 266 g/mol. The molecule has 14 heavy (non-hydrogen) atoms. The maximum Gasteiger partial charge on any atom is 0.337 e. The van der Waals surface area contributed by atoms with Crippen LogP contribution >= 0.6 is 15.9 Å². The van der Waals surface area contributed by atoms with E-state index in [0.717, 1.165) is 12.3 Å². The van der Waals surface area contributed by atoms with Crippen LogP contribution in [0.1, 0.15) is 28.0 Å². The quantitative estimate of drug-likeness (QED) is 0.855. The summed E-state index contributed by atoms with van der Waals surface area (Å²) in [7, 11) is 0. The Kier molecular flexibility index (Phi) is 3.51. The van der Waals surface area contributed by atoms with E-state index in [2.05, 4.69) is 20.9 Å². The third-order valence-corrected chi connectivity index (χ3v) is 2.21. The van der Waals surface area contributed by atoms with Crippen molar-refractivity contribution in [2.24, 2.45) is 0 Å². The van der Waals surface area contributed by atoms with Crippen LogP contribution in [-0.4, -0.2) is 16.1 Å². The molecule has 1 aromatic heterocycles. The van der Waals surface area contributed by atoms with Crippen molar-refractivity contribution in [2.75, 3.05) is 0 Å². The Balaban J connectivity index is 3.18. The maximum absolute atomic E-state index is 12.2. The molecule has 1 heterocycles. The zero-order chi connectivity index (χ0) is 10.7. The summed E-state index contributed by atoms with van der Waals surface area (Å²) in [6.07, 6.45) is -1.74. The first-order valence-corrected chi connectivity index (χ1v) is 4.74. The second kappa shape index (κ2) is 4.45. The van der Waals surface area contributed by atoms with Gasteiger partial charge in [-0.1, -0.05) is 15.9 Å². The Morgan fingerprint density at radius 3 is 2.71 bits per heavy atom. The lowest BCUT2D eigenvalue weighted by Crippen LogP contribution is -2.04. The molecule has 76 valence electrons. The molecule has 3 nitrogen and oxygen atoms in total. The molecule has 0 aromatic carbocycles. The van der Waals surface area contributed by atoms with Crippen molar-refractivity contribution in [2.45, 2.75) is 11.8 Å². The van der Waals surface area contributed by atoms with Gasteiger partial charge in [0.1, 0.15) is 5.69 Å². The Bertz CT molecular complexity index is 357. The molecule has 0 aliphatic heterocycles. The van der Waals surface area contributed by atoms with E-state index in [1.807, 2.05) is 0 Å². The number of nitrogens with zero attached hydrogens (tertiary/aromatic N) is 1. The van der Waals surface area contributed by atoms with E-state index in [4.69, 9.17) is 5.11 Å². The van der Waals surface area contributed by atoms with Crippen LogP contribution in [0.5, 0.6) is 0 Å². The topological polar surface area (TPSA) is 50.2 Å². The number of carbonyl (C=O) groups is 1. The summed E-state index contributed by atoms with van der Waals surface area (Å²) in [6.45, 7) is 0. The molecule has 0 radical (unpaired) electrons. The number of rotatable bonds is 3. The van der Waals surface area contributed by atoms with Gasteiger partial charge in [0.25, 0.3) is 6.43 Å². The monoisotopic (exact) mass is 265 g/mol. The molecule has 1 N–H and O–H groups in total. The van der Waals surface area contributed by atoms with E-state index in [1.54, 1.807) is 0 Å². The second-order valence-corrected chi connectivity index (χ2v) is 3.07. The van der Waals surface area contributed by atoms with Crippen LogP contribution in [0, 0.1) is 0 Å². The molecule has 0 spiro atoms. The summed E-state index contributed by atoms with van der Waals surface area (Å²) in [5.41, 5.74) is -0.182. The zero-order valence-electron chi connectivity index (χ0n) is 6.88. The van der Waals surface area contributed by atoms with Crippen molar-refractivity contribution in [3.05, 3.63) is 29.1 Å². The molecule has 1 aromatic rings. The van der Waals surface area contributed by atoms with Crippen molar-refractivity contribution in [3.8, 4) is 0 Å². The number of pyridine rings is 1. The highest BCUT2D eigenvalue weighted by molar-refractivity contribution is 9.08. The summed E-state index contributed by atoms with van der Waals surface area (Å²) < 4.78 is 24.4. The van der Waals surface area contributed by atoms with Crippen molar-refractivity contribution in [1.82, 2.24) is 4.98 Å². The lowest BCUT2D eigenvalue weighted by atomic mass is 10.1. The molecule has 0 saturated carbocycles. The van der Waals surface area contributed by atoms with Crippen LogP contribution in [0.15, 0.2) is 12.3 Å². The second-order valence-electron chi connectivity index (χ2n) is 2.51. The van der Waals surface area contributed by atoms with Gasteiger partial charge in [0, 0.05) is 11.5 Å². The summed E-state index contributed by atoms with van der Waals surface area (Å²) in [5, 5.41) is 8.88. The lowest BCUT2D eigenvalue weighted by Gasteiger charge is -2.04. The lowest BCUT2D eigenvalue weighted by molar-refractivity contribution is 0.0694. The Morgan fingerprint density at radius 1 is 1.64 bits per heavy atom. The SMILES string of the molecule is O=C(O)c1cnc(C(F)F)cc1CBr. The van der Waals surface area contributed by atoms with E-state index in [-0.39, 0.29) is 10.9 Å². The molecular formula is C8H6BrF2NO2. The van der Waals surface area contributed by atoms with Crippen LogP contribution in [0.4, 0.5) is 8.78 Å². The highest BCUT2D eigenvalue weighted by Crippen LogP contribution is 2.20. The fourth-order valence-corrected chi connectivity index (χ4v) is 1.40. The van der Waals surface area contributed by atoms with Gasteiger partial charge in [-0.3, -0.25) is 4.98 Å². The van der Waals surface area contributed by atoms with Gasteiger partial charge in [0.2, 0.25) is 0 Å². The molecular weight excluding hydrogens is 260 g/mol. The van der Waals surface area contributed by atoms with Crippen LogP contribution in [0.3, 0.4) is 0 Å². The number of aromatic carboxylic acids is 1.